The van der Waals surface area contributed by atoms with Gasteiger partial charge in [0.05, 0.1) is 4.75 Å². The number of hydrogen-bond acceptors (Lipinski definition) is 5. The van der Waals surface area contributed by atoms with Gasteiger partial charge in [-0.05, 0) is 12.8 Å². The molecule has 6 heteroatoms. The molecular formula is C16H21N3OS2. The van der Waals surface area contributed by atoms with Crippen LogP contribution in [-0.4, -0.2) is 37.2 Å². The highest BCUT2D eigenvalue weighted by Crippen LogP contribution is 2.32. The maximum Gasteiger partial charge on any atom is 0.205 e. The molecule has 0 radical (unpaired) electrons. The van der Waals surface area contributed by atoms with E-state index in [2.05, 4.69) is 23.1 Å². The summed E-state index contributed by atoms with van der Waals surface area (Å²) in [7, 11) is -0.746. The zero-order valence-electron chi connectivity index (χ0n) is 13.0. The van der Waals surface area contributed by atoms with Gasteiger partial charge in [0, 0.05) is 46.7 Å². The van der Waals surface area contributed by atoms with Crippen molar-refractivity contribution in [2.24, 2.45) is 0 Å². The van der Waals surface area contributed by atoms with E-state index in [-0.39, 0.29) is 4.75 Å². The second-order valence-electron chi connectivity index (χ2n) is 5.63. The molecule has 0 N–H and O–H groups in total. The normalized spacial score (nSPS) is 21.0. The number of anilines is 1. The third-order valence-corrected chi connectivity index (χ3v) is 7.52. The van der Waals surface area contributed by atoms with E-state index in [0.717, 1.165) is 48.2 Å². The fourth-order valence-electron chi connectivity index (χ4n) is 2.92. The van der Waals surface area contributed by atoms with Crippen LogP contribution in [0.3, 0.4) is 0 Å². The summed E-state index contributed by atoms with van der Waals surface area (Å²) in [5, 5.41) is 0.946. The first kappa shape index (κ1) is 15.6. The van der Waals surface area contributed by atoms with Gasteiger partial charge in [-0.15, -0.1) is 0 Å². The molecule has 0 aliphatic carbocycles. The van der Waals surface area contributed by atoms with Gasteiger partial charge in [-0.3, -0.25) is 4.21 Å². The first-order chi connectivity index (χ1) is 10.7. The zero-order valence-corrected chi connectivity index (χ0v) is 14.6. The van der Waals surface area contributed by atoms with Crippen molar-refractivity contribution in [2.75, 3.05) is 23.7 Å². The average molecular weight is 335 g/mol. The third kappa shape index (κ3) is 2.82. The van der Waals surface area contributed by atoms with Crippen LogP contribution in [0.1, 0.15) is 26.7 Å². The minimum Gasteiger partial charge on any atom is -0.344 e. The molecule has 1 aliphatic rings. The first-order valence-electron chi connectivity index (χ1n) is 7.71. The fourth-order valence-corrected chi connectivity index (χ4v) is 5.39. The third-order valence-electron chi connectivity index (χ3n) is 4.52. The number of hydrogen-bond donors (Lipinski definition) is 0. The van der Waals surface area contributed by atoms with E-state index in [9.17, 15) is 4.21 Å². The molecule has 0 bridgehead atoms. The summed E-state index contributed by atoms with van der Waals surface area (Å²) in [6, 6.07) is 10.0. The Labute approximate surface area is 138 Å². The lowest BCUT2D eigenvalue weighted by Crippen LogP contribution is -2.53. The maximum absolute atomic E-state index is 12.4. The smallest absolute Gasteiger partial charge is 0.205 e. The quantitative estimate of drug-likeness (QED) is 0.860. The largest absolute Gasteiger partial charge is 0.344 e. The van der Waals surface area contributed by atoms with Crippen LogP contribution in [0.4, 0.5) is 5.13 Å². The van der Waals surface area contributed by atoms with Crippen LogP contribution < -0.4 is 4.90 Å². The highest BCUT2D eigenvalue weighted by atomic mass is 32.2. The standard InChI is InChI=1S/C16H21N3OS2/c1-3-16(4-2)12-19(10-11-22(16)20)15-17-14(18-21-15)13-8-6-5-7-9-13/h5-9H,3-4,10-12H2,1-2H3. The Hall–Kier alpha value is -1.27. The molecule has 0 spiro atoms. The van der Waals surface area contributed by atoms with E-state index in [1.54, 1.807) is 0 Å². The van der Waals surface area contributed by atoms with Gasteiger partial charge in [0.1, 0.15) is 0 Å². The predicted octanol–water partition coefficient (Wildman–Crippen LogP) is 3.33. The Morgan fingerprint density at radius 1 is 1.27 bits per heavy atom. The van der Waals surface area contributed by atoms with Gasteiger partial charge in [-0.2, -0.15) is 9.36 Å². The van der Waals surface area contributed by atoms with Crippen LogP contribution in [0.15, 0.2) is 30.3 Å². The van der Waals surface area contributed by atoms with Gasteiger partial charge in [0.15, 0.2) is 5.82 Å². The number of nitrogens with zero attached hydrogens (tertiary/aromatic N) is 3. The van der Waals surface area contributed by atoms with Crippen LogP contribution in [0.5, 0.6) is 0 Å². The second-order valence-corrected chi connectivity index (χ2v) is 8.32. The van der Waals surface area contributed by atoms with Gasteiger partial charge in [0.25, 0.3) is 0 Å². The summed E-state index contributed by atoms with van der Waals surface area (Å²) in [6.07, 6.45) is 1.88. The minimum atomic E-state index is -0.746. The molecular weight excluding hydrogens is 314 g/mol. The van der Waals surface area contributed by atoms with Gasteiger partial charge in [-0.25, -0.2) is 0 Å². The molecule has 1 atom stereocenters. The van der Waals surface area contributed by atoms with Gasteiger partial charge in [-0.1, -0.05) is 44.2 Å². The van der Waals surface area contributed by atoms with Gasteiger partial charge in [0.2, 0.25) is 5.13 Å². The van der Waals surface area contributed by atoms with Crippen LogP contribution in [0, 0.1) is 0 Å². The molecule has 1 aromatic carbocycles. The van der Waals surface area contributed by atoms with Crippen molar-refractivity contribution in [3.8, 4) is 11.4 Å². The fraction of sp³-hybridized carbons (Fsp3) is 0.500. The van der Waals surface area contributed by atoms with E-state index in [1.165, 1.54) is 11.5 Å². The molecule has 0 amide bonds. The molecule has 1 aliphatic heterocycles. The highest BCUT2D eigenvalue weighted by molar-refractivity contribution is 7.86. The Morgan fingerprint density at radius 3 is 2.68 bits per heavy atom. The van der Waals surface area contributed by atoms with Crippen molar-refractivity contribution >= 4 is 27.5 Å². The van der Waals surface area contributed by atoms with Gasteiger partial charge < -0.3 is 4.90 Å². The molecule has 118 valence electrons. The molecule has 1 saturated heterocycles. The summed E-state index contributed by atoms with van der Waals surface area (Å²) >= 11 is 1.44. The van der Waals surface area contributed by atoms with E-state index in [4.69, 9.17) is 4.98 Å². The Balaban J connectivity index is 1.83. The summed E-state index contributed by atoms with van der Waals surface area (Å²) in [5.41, 5.74) is 1.04. The van der Waals surface area contributed by atoms with Crippen molar-refractivity contribution < 1.29 is 4.21 Å². The topological polar surface area (TPSA) is 46.1 Å². The lowest BCUT2D eigenvalue weighted by atomic mass is 10.0. The Kier molecular flexibility index (Phi) is 4.59. The number of rotatable bonds is 4. The van der Waals surface area contributed by atoms with E-state index >= 15 is 0 Å². The van der Waals surface area contributed by atoms with Crippen molar-refractivity contribution in [3.63, 3.8) is 0 Å². The molecule has 1 unspecified atom stereocenters. The minimum absolute atomic E-state index is 0.100. The van der Waals surface area contributed by atoms with E-state index < -0.39 is 10.8 Å². The van der Waals surface area contributed by atoms with Crippen molar-refractivity contribution in [3.05, 3.63) is 30.3 Å². The van der Waals surface area contributed by atoms with Crippen LogP contribution in [-0.2, 0) is 10.8 Å². The summed E-state index contributed by atoms with van der Waals surface area (Å²) in [4.78, 5) is 6.96. The lowest BCUT2D eigenvalue weighted by molar-refractivity contribution is 0.496. The summed E-state index contributed by atoms with van der Waals surface area (Å²) < 4.78 is 16.8. The highest BCUT2D eigenvalue weighted by Gasteiger charge is 2.39. The van der Waals surface area contributed by atoms with Crippen LogP contribution >= 0.6 is 11.5 Å². The molecule has 2 aromatic rings. The molecule has 0 saturated carbocycles. The number of aromatic nitrogens is 2. The van der Waals surface area contributed by atoms with Gasteiger partial charge >= 0.3 is 0 Å². The van der Waals surface area contributed by atoms with E-state index in [1.807, 2.05) is 30.3 Å². The molecule has 1 fully saturated rings. The Bertz CT molecular complexity index is 652. The molecule has 3 rings (SSSR count). The van der Waals surface area contributed by atoms with Crippen molar-refractivity contribution in [1.29, 1.82) is 0 Å². The summed E-state index contributed by atoms with van der Waals surface area (Å²) in [5.74, 6) is 1.51. The molecule has 22 heavy (non-hydrogen) atoms. The van der Waals surface area contributed by atoms with Crippen molar-refractivity contribution in [1.82, 2.24) is 9.36 Å². The predicted molar refractivity (Wildman–Crippen MR) is 93.9 cm³/mol. The summed E-state index contributed by atoms with van der Waals surface area (Å²) in [6.45, 7) is 5.90. The molecule has 1 aromatic heterocycles. The SMILES string of the molecule is CCC1(CC)CN(c2nc(-c3ccccc3)ns2)CCS1=O. The van der Waals surface area contributed by atoms with Crippen LogP contribution in [0.2, 0.25) is 0 Å². The molecule has 2 heterocycles. The monoisotopic (exact) mass is 335 g/mol. The Morgan fingerprint density at radius 2 is 2.00 bits per heavy atom. The number of benzene rings is 1. The molecule has 4 nitrogen and oxygen atoms in total. The van der Waals surface area contributed by atoms with Crippen molar-refractivity contribution in [2.45, 2.75) is 31.4 Å². The van der Waals surface area contributed by atoms with E-state index in [0.29, 0.717) is 0 Å². The van der Waals surface area contributed by atoms with Crippen LogP contribution in [0.25, 0.3) is 11.4 Å². The average Bonchev–Trinajstić information content (AvgIpc) is 3.06. The maximum atomic E-state index is 12.4. The second kappa shape index (κ2) is 6.46. The zero-order chi connectivity index (χ0) is 15.6. The first-order valence-corrected chi connectivity index (χ1v) is 9.80. The lowest BCUT2D eigenvalue weighted by Gasteiger charge is -2.40.